The van der Waals surface area contributed by atoms with Gasteiger partial charge in [0.25, 0.3) is 0 Å². The first-order valence-corrected chi connectivity index (χ1v) is 8.34. The van der Waals surface area contributed by atoms with E-state index >= 15 is 0 Å². The number of ether oxygens (including phenoxy) is 1. The smallest absolute Gasteiger partial charge is 0.433 e. The van der Waals surface area contributed by atoms with E-state index in [1.165, 1.54) is 11.0 Å². The van der Waals surface area contributed by atoms with E-state index in [0.717, 1.165) is 23.5 Å². The molecule has 8 heteroatoms. The van der Waals surface area contributed by atoms with Crippen LogP contribution < -0.4 is 4.90 Å². The van der Waals surface area contributed by atoms with E-state index in [9.17, 15) is 18.0 Å². The molecule has 0 aromatic carbocycles. The highest BCUT2D eigenvalue weighted by atomic mass is 19.4. The minimum absolute atomic E-state index is 0.0183. The van der Waals surface area contributed by atoms with Gasteiger partial charge in [0, 0.05) is 11.9 Å². The van der Waals surface area contributed by atoms with Gasteiger partial charge in [-0.15, -0.1) is 0 Å². The lowest BCUT2D eigenvalue weighted by molar-refractivity contribution is -0.141. The minimum Gasteiger partial charge on any atom is -0.443 e. The topological polar surface area (TPSA) is 55.3 Å². The normalized spacial score (nSPS) is 12.0. The van der Waals surface area contributed by atoms with Crippen LogP contribution in [0.3, 0.4) is 0 Å². The number of pyridine rings is 2. The highest BCUT2D eigenvalue weighted by molar-refractivity contribution is 5.86. The second-order valence-electron chi connectivity index (χ2n) is 7.19. The van der Waals surface area contributed by atoms with Crippen LogP contribution in [0.15, 0.2) is 30.5 Å². The number of hydrogen-bond donors (Lipinski definition) is 0. The van der Waals surface area contributed by atoms with Crippen LogP contribution in [0.4, 0.5) is 23.8 Å². The Morgan fingerprint density at radius 3 is 2.26 bits per heavy atom. The highest BCUT2D eigenvalue weighted by Gasteiger charge is 2.32. The third kappa shape index (κ3) is 5.67. The van der Waals surface area contributed by atoms with Crippen molar-refractivity contribution in [1.29, 1.82) is 0 Å². The Labute approximate surface area is 156 Å². The lowest BCUT2D eigenvalue weighted by atomic mass is 10.2. The van der Waals surface area contributed by atoms with Crippen LogP contribution in [0.25, 0.3) is 0 Å². The summed E-state index contributed by atoms with van der Waals surface area (Å²) in [6, 6.07) is 5.66. The molecule has 0 saturated carbocycles. The molecule has 0 atom stereocenters. The molecule has 2 rings (SSSR count). The molecule has 0 saturated heterocycles. The summed E-state index contributed by atoms with van der Waals surface area (Å²) in [6.07, 6.45) is -4.06. The van der Waals surface area contributed by atoms with E-state index in [-0.39, 0.29) is 6.54 Å². The van der Waals surface area contributed by atoms with Gasteiger partial charge in [0.05, 0.1) is 6.54 Å². The van der Waals surface area contributed by atoms with E-state index in [1.54, 1.807) is 26.8 Å². The van der Waals surface area contributed by atoms with Gasteiger partial charge >= 0.3 is 12.3 Å². The molecule has 2 aromatic rings. The van der Waals surface area contributed by atoms with Gasteiger partial charge in [-0.1, -0.05) is 12.1 Å². The summed E-state index contributed by atoms with van der Waals surface area (Å²) in [7, 11) is 0. The van der Waals surface area contributed by atoms with Crippen molar-refractivity contribution in [3.63, 3.8) is 0 Å². The first-order chi connectivity index (χ1) is 12.4. The summed E-state index contributed by atoms with van der Waals surface area (Å²) in [4.78, 5) is 21.8. The maximum Gasteiger partial charge on any atom is 0.433 e. The molecule has 0 bridgehead atoms. The number of hydrogen-bond acceptors (Lipinski definition) is 4. The molecule has 0 unspecified atom stereocenters. The van der Waals surface area contributed by atoms with Gasteiger partial charge in [0.2, 0.25) is 0 Å². The van der Waals surface area contributed by atoms with Crippen LogP contribution >= 0.6 is 0 Å². The molecule has 0 fully saturated rings. The number of carbonyl (C=O) groups excluding carboxylic acids is 1. The zero-order valence-corrected chi connectivity index (χ0v) is 15.9. The molecule has 5 nitrogen and oxygen atoms in total. The molecule has 0 N–H and O–H groups in total. The lowest BCUT2D eigenvalue weighted by Crippen LogP contribution is -2.37. The van der Waals surface area contributed by atoms with Gasteiger partial charge in [-0.25, -0.2) is 9.78 Å². The summed E-state index contributed by atoms with van der Waals surface area (Å²) >= 11 is 0. The Hall–Kier alpha value is -2.64. The fourth-order valence-electron chi connectivity index (χ4n) is 2.19. The third-order valence-corrected chi connectivity index (χ3v) is 3.68. The van der Waals surface area contributed by atoms with E-state index in [4.69, 9.17) is 4.74 Å². The quantitative estimate of drug-likeness (QED) is 0.746. The number of amides is 1. The van der Waals surface area contributed by atoms with Gasteiger partial charge in [-0.2, -0.15) is 13.2 Å². The summed E-state index contributed by atoms with van der Waals surface area (Å²) in [5.41, 5.74) is 0.409. The number of nitrogens with zero attached hydrogens (tertiary/aromatic N) is 3. The zero-order chi connectivity index (χ0) is 20.4. The molecule has 2 aromatic heterocycles. The molecule has 0 radical (unpaired) electrons. The van der Waals surface area contributed by atoms with Crippen molar-refractivity contribution in [2.75, 3.05) is 4.90 Å². The number of rotatable bonds is 3. The van der Waals surface area contributed by atoms with Crippen molar-refractivity contribution < 1.29 is 22.7 Å². The molecule has 2 heterocycles. The van der Waals surface area contributed by atoms with Crippen LogP contribution in [-0.4, -0.2) is 21.7 Å². The van der Waals surface area contributed by atoms with Crippen molar-refractivity contribution in [2.45, 2.75) is 52.9 Å². The van der Waals surface area contributed by atoms with Gasteiger partial charge in [-0.3, -0.25) is 9.88 Å². The Morgan fingerprint density at radius 1 is 1.11 bits per heavy atom. The lowest BCUT2D eigenvalue weighted by Gasteiger charge is -2.27. The molecule has 0 spiro atoms. The highest BCUT2D eigenvalue weighted by Crippen LogP contribution is 2.28. The summed E-state index contributed by atoms with van der Waals surface area (Å²) in [6.45, 7) is 8.88. The molecule has 0 aliphatic carbocycles. The van der Waals surface area contributed by atoms with Crippen LogP contribution in [-0.2, 0) is 17.5 Å². The first-order valence-electron chi connectivity index (χ1n) is 8.34. The van der Waals surface area contributed by atoms with Crippen LogP contribution in [0, 0.1) is 13.8 Å². The number of aryl methyl sites for hydroxylation is 2. The number of carbonyl (C=O) groups is 1. The van der Waals surface area contributed by atoms with Crippen molar-refractivity contribution in [1.82, 2.24) is 9.97 Å². The maximum absolute atomic E-state index is 12.7. The Bertz CT molecular complexity index is 812. The largest absolute Gasteiger partial charge is 0.443 e. The predicted molar refractivity (Wildman–Crippen MR) is 95.4 cm³/mol. The van der Waals surface area contributed by atoms with Gasteiger partial charge in [-0.05, 0) is 57.9 Å². The maximum atomic E-state index is 12.7. The molecular formula is C19H22F3N3O2. The predicted octanol–water partition coefficient (Wildman–Crippen LogP) is 5.05. The van der Waals surface area contributed by atoms with Gasteiger partial charge in [0.15, 0.2) is 0 Å². The van der Waals surface area contributed by atoms with Crippen molar-refractivity contribution >= 4 is 11.9 Å². The average molecular weight is 381 g/mol. The molecular weight excluding hydrogens is 359 g/mol. The number of anilines is 1. The van der Waals surface area contributed by atoms with Crippen LogP contribution in [0.1, 0.15) is 43.3 Å². The van der Waals surface area contributed by atoms with Gasteiger partial charge in [0.1, 0.15) is 17.1 Å². The van der Waals surface area contributed by atoms with E-state index in [0.29, 0.717) is 11.4 Å². The molecule has 0 aliphatic rings. The second-order valence-corrected chi connectivity index (χ2v) is 7.19. The third-order valence-electron chi connectivity index (χ3n) is 3.68. The standard InChI is InChI=1S/C19H22F3N3O2/c1-12-6-9-16(24-13(12)2)25(17(26)27-18(3,4)5)11-14-7-8-15(23-10-14)19(20,21)22/h6-10H,11H2,1-5H3. The monoisotopic (exact) mass is 381 g/mol. The molecule has 27 heavy (non-hydrogen) atoms. The average Bonchev–Trinajstić information content (AvgIpc) is 2.53. The van der Waals surface area contributed by atoms with Crippen molar-refractivity contribution in [2.24, 2.45) is 0 Å². The fraction of sp³-hybridized carbons (Fsp3) is 0.421. The first kappa shape index (κ1) is 20.7. The Kier molecular flexibility index (Phi) is 5.77. The molecule has 1 amide bonds. The Morgan fingerprint density at radius 2 is 1.78 bits per heavy atom. The molecule has 0 aliphatic heterocycles. The van der Waals surface area contributed by atoms with Crippen molar-refractivity contribution in [3.05, 3.63) is 53.0 Å². The number of halogens is 3. The van der Waals surface area contributed by atoms with Crippen molar-refractivity contribution in [3.8, 4) is 0 Å². The number of aromatic nitrogens is 2. The summed E-state index contributed by atoms with van der Waals surface area (Å²) < 4.78 is 43.5. The fourth-order valence-corrected chi connectivity index (χ4v) is 2.19. The minimum atomic E-state index is -4.51. The molecule has 146 valence electrons. The SMILES string of the molecule is Cc1ccc(N(Cc2ccc(C(F)(F)F)nc2)C(=O)OC(C)(C)C)nc1C. The van der Waals surface area contributed by atoms with E-state index in [1.807, 2.05) is 19.9 Å². The van der Waals surface area contributed by atoms with E-state index in [2.05, 4.69) is 9.97 Å². The zero-order valence-electron chi connectivity index (χ0n) is 15.9. The van der Waals surface area contributed by atoms with Gasteiger partial charge < -0.3 is 4.74 Å². The van der Waals surface area contributed by atoms with E-state index < -0.39 is 23.6 Å². The summed E-state index contributed by atoms with van der Waals surface area (Å²) in [5.74, 6) is 0.354. The van der Waals surface area contributed by atoms with Crippen LogP contribution in [0.2, 0.25) is 0 Å². The Balaban J connectivity index is 2.34. The second kappa shape index (κ2) is 7.54. The van der Waals surface area contributed by atoms with Crippen LogP contribution in [0.5, 0.6) is 0 Å². The number of alkyl halides is 3. The summed E-state index contributed by atoms with van der Waals surface area (Å²) in [5, 5.41) is 0.